The van der Waals surface area contributed by atoms with Crippen LogP contribution in [-0.4, -0.2) is 48.0 Å². The minimum Gasteiger partial charge on any atom is -0.338 e. The third kappa shape index (κ3) is 3.75. The number of halogens is 3. The number of hydrogen-bond acceptors (Lipinski definition) is 4. The van der Waals surface area contributed by atoms with Crippen molar-refractivity contribution in [1.29, 1.82) is 0 Å². The molecule has 4 rings (SSSR count). The van der Waals surface area contributed by atoms with Crippen molar-refractivity contribution >= 4 is 5.91 Å². The molecule has 1 amide bonds. The molecular formula is C20H21F3N6O2. The highest BCUT2D eigenvalue weighted by Crippen LogP contribution is 2.28. The summed E-state index contributed by atoms with van der Waals surface area (Å²) in [7, 11) is 1.06. The second-order valence-corrected chi connectivity index (χ2v) is 7.52. The van der Waals surface area contributed by atoms with Gasteiger partial charge in [0.15, 0.2) is 0 Å². The number of carbonyl (C=O) groups excluding carboxylic acids is 1. The average Bonchev–Trinajstić information content (AvgIpc) is 3.28. The number of aromatic nitrogens is 5. The van der Waals surface area contributed by atoms with Gasteiger partial charge in [0.1, 0.15) is 0 Å². The summed E-state index contributed by atoms with van der Waals surface area (Å²) in [5.41, 5.74) is 1.20. The molecule has 0 bridgehead atoms. The number of rotatable bonds is 3. The Kier molecular flexibility index (Phi) is 5.19. The number of piperidine rings is 1. The third-order valence-corrected chi connectivity index (χ3v) is 5.60. The van der Waals surface area contributed by atoms with Gasteiger partial charge in [-0.1, -0.05) is 18.2 Å². The molecule has 0 N–H and O–H groups in total. The van der Waals surface area contributed by atoms with Crippen LogP contribution >= 0.6 is 0 Å². The average molecular weight is 434 g/mol. The molecule has 3 aromatic rings. The van der Waals surface area contributed by atoms with Crippen molar-refractivity contribution in [2.24, 2.45) is 7.05 Å². The number of alkyl halides is 3. The van der Waals surface area contributed by atoms with Gasteiger partial charge >= 0.3 is 11.9 Å². The van der Waals surface area contributed by atoms with Gasteiger partial charge in [0, 0.05) is 20.1 Å². The zero-order chi connectivity index (χ0) is 22.3. The highest BCUT2D eigenvalue weighted by atomic mass is 19.4. The molecule has 0 unspecified atom stereocenters. The molecule has 0 spiro atoms. The number of para-hydroxylation sites is 1. The van der Waals surface area contributed by atoms with Gasteiger partial charge in [-0.05, 0) is 31.9 Å². The fraction of sp³-hybridized carbons (Fsp3) is 0.400. The molecule has 0 atom stereocenters. The van der Waals surface area contributed by atoms with Crippen LogP contribution in [0, 0.1) is 6.92 Å². The van der Waals surface area contributed by atoms with E-state index in [4.69, 9.17) is 0 Å². The molecule has 1 aromatic carbocycles. The zero-order valence-corrected chi connectivity index (χ0v) is 17.0. The SMILES string of the molecule is Cc1c(C(=O)N2CCC(n3nc(C(F)(F)F)n(C)c3=O)CC2)cnn1-c1ccccc1. The predicted octanol–water partition coefficient (Wildman–Crippen LogP) is 2.57. The molecule has 1 fully saturated rings. The molecule has 164 valence electrons. The molecule has 0 radical (unpaired) electrons. The Hall–Kier alpha value is -3.37. The van der Waals surface area contributed by atoms with Gasteiger partial charge in [-0.3, -0.25) is 9.36 Å². The van der Waals surface area contributed by atoms with Crippen LogP contribution in [0.3, 0.4) is 0 Å². The molecule has 3 heterocycles. The van der Waals surface area contributed by atoms with Crippen molar-refractivity contribution in [3.63, 3.8) is 0 Å². The largest absolute Gasteiger partial charge is 0.451 e. The second-order valence-electron chi connectivity index (χ2n) is 7.52. The summed E-state index contributed by atoms with van der Waals surface area (Å²) in [4.78, 5) is 26.9. The zero-order valence-electron chi connectivity index (χ0n) is 17.0. The quantitative estimate of drug-likeness (QED) is 0.635. The maximum atomic E-state index is 13.0. The lowest BCUT2D eigenvalue weighted by atomic mass is 10.0. The third-order valence-electron chi connectivity index (χ3n) is 5.60. The maximum Gasteiger partial charge on any atom is 0.451 e. The van der Waals surface area contributed by atoms with Crippen molar-refractivity contribution in [2.45, 2.75) is 32.0 Å². The fourth-order valence-corrected chi connectivity index (χ4v) is 3.87. The van der Waals surface area contributed by atoms with Crippen LogP contribution in [0.5, 0.6) is 0 Å². The lowest BCUT2D eigenvalue weighted by Gasteiger charge is -2.31. The van der Waals surface area contributed by atoms with E-state index in [1.807, 2.05) is 37.3 Å². The standard InChI is InChI=1S/C20H21F3N6O2/c1-13-16(12-24-28(13)14-6-4-3-5-7-14)17(30)27-10-8-15(9-11-27)29-19(31)26(2)18(25-29)20(21,22)23/h3-7,12,15H,8-11H2,1-2H3. The van der Waals surface area contributed by atoms with Crippen LogP contribution in [0.4, 0.5) is 13.2 Å². The van der Waals surface area contributed by atoms with E-state index in [9.17, 15) is 22.8 Å². The van der Waals surface area contributed by atoms with Crippen LogP contribution in [0.2, 0.25) is 0 Å². The second kappa shape index (κ2) is 7.71. The molecule has 8 nitrogen and oxygen atoms in total. The number of benzene rings is 1. The van der Waals surface area contributed by atoms with Gasteiger partial charge in [0.05, 0.1) is 29.2 Å². The summed E-state index contributed by atoms with van der Waals surface area (Å²) < 4.78 is 42.2. The lowest BCUT2D eigenvalue weighted by molar-refractivity contribution is -0.147. The van der Waals surface area contributed by atoms with E-state index in [1.54, 1.807) is 9.58 Å². The molecule has 11 heteroatoms. The van der Waals surface area contributed by atoms with Gasteiger partial charge in [-0.15, -0.1) is 5.10 Å². The van der Waals surface area contributed by atoms with Crippen molar-refractivity contribution in [3.8, 4) is 5.69 Å². The Morgan fingerprint density at radius 2 is 1.77 bits per heavy atom. The molecule has 2 aromatic heterocycles. The summed E-state index contributed by atoms with van der Waals surface area (Å²) in [5.74, 6) is -1.41. The smallest absolute Gasteiger partial charge is 0.338 e. The summed E-state index contributed by atoms with van der Waals surface area (Å²) in [6, 6.07) is 8.94. The normalized spacial score (nSPS) is 15.5. The van der Waals surface area contributed by atoms with Gasteiger partial charge in [-0.2, -0.15) is 18.3 Å². The van der Waals surface area contributed by atoms with Crippen molar-refractivity contribution in [2.75, 3.05) is 13.1 Å². The molecule has 1 aliphatic heterocycles. The van der Waals surface area contributed by atoms with Crippen molar-refractivity contribution < 1.29 is 18.0 Å². The molecule has 31 heavy (non-hydrogen) atoms. The minimum atomic E-state index is -4.70. The Morgan fingerprint density at radius 3 is 2.35 bits per heavy atom. The van der Waals surface area contributed by atoms with Gasteiger partial charge in [0.2, 0.25) is 5.82 Å². The maximum absolute atomic E-state index is 13.0. The van der Waals surface area contributed by atoms with Crippen LogP contribution in [0.15, 0.2) is 41.3 Å². The van der Waals surface area contributed by atoms with E-state index >= 15 is 0 Å². The molecule has 1 saturated heterocycles. The monoisotopic (exact) mass is 434 g/mol. The summed E-state index contributed by atoms with van der Waals surface area (Å²) in [6.45, 7) is 2.43. The number of amides is 1. The van der Waals surface area contributed by atoms with Crippen LogP contribution in [0.25, 0.3) is 5.69 Å². The highest BCUT2D eigenvalue weighted by Gasteiger charge is 2.39. The number of nitrogens with zero attached hydrogens (tertiary/aromatic N) is 6. The van der Waals surface area contributed by atoms with Crippen LogP contribution in [0.1, 0.15) is 40.8 Å². The molecule has 0 aliphatic carbocycles. The summed E-state index contributed by atoms with van der Waals surface area (Å²) in [6.07, 6.45) is -2.50. The Morgan fingerprint density at radius 1 is 1.13 bits per heavy atom. The highest BCUT2D eigenvalue weighted by molar-refractivity contribution is 5.95. The van der Waals surface area contributed by atoms with Gasteiger partial charge < -0.3 is 4.90 Å². The molecule has 0 saturated carbocycles. The Balaban J connectivity index is 1.48. The fourth-order valence-electron chi connectivity index (χ4n) is 3.87. The lowest BCUT2D eigenvalue weighted by Crippen LogP contribution is -2.41. The molecular weight excluding hydrogens is 413 g/mol. The number of carbonyl (C=O) groups is 1. The van der Waals surface area contributed by atoms with Crippen LogP contribution in [-0.2, 0) is 13.2 Å². The first-order valence-corrected chi connectivity index (χ1v) is 9.80. The number of likely N-dealkylation sites (tertiary alicyclic amines) is 1. The van der Waals surface area contributed by atoms with E-state index in [2.05, 4.69) is 10.2 Å². The first-order chi connectivity index (χ1) is 14.7. The van der Waals surface area contributed by atoms with E-state index in [0.717, 1.165) is 17.4 Å². The van der Waals surface area contributed by atoms with Gasteiger partial charge in [-0.25, -0.2) is 14.2 Å². The topological polar surface area (TPSA) is 78.0 Å². The van der Waals surface area contributed by atoms with E-state index in [0.29, 0.717) is 41.8 Å². The van der Waals surface area contributed by atoms with Gasteiger partial charge in [0.25, 0.3) is 5.91 Å². The summed E-state index contributed by atoms with van der Waals surface area (Å²) in [5, 5.41) is 7.82. The van der Waals surface area contributed by atoms with Crippen molar-refractivity contribution in [1.82, 2.24) is 29.0 Å². The Bertz CT molecular complexity index is 1150. The predicted molar refractivity (Wildman–Crippen MR) is 105 cm³/mol. The Labute approximate surface area is 175 Å². The number of hydrogen-bond donors (Lipinski definition) is 0. The molecule has 1 aliphatic rings. The van der Waals surface area contributed by atoms with E-state index in [1.165, 1.54) is 6.20 Å². The minimum absolute atomic E-state index is 0.192. The van der Waals surface area contributed by atoms with E-state index < -0.39 is 23.7 Å². The van der Waals surface area contributed by atoms with Crippen molar-refractivity contribution in [3.05, 3.63) is 64.1 Å². The van der Waals surface area contributed by atoms with E-state index in [-0.39, 0.29) is 5.91 Å². The van der Waals surface area contributed by atoms with Crippen LogP contribution < -0.4 is 5.69 Å². The summed E-state index contributed by atoms with van der Waals surface area (Å²) >= 11 is 0. The first-order valence-electron chi connectivity index (χ1n) is 9.80. The first kappa shape index (κ1) is 20.9.